The molecule has 23 heavy (non-hydrogen) atoms. The van der Waals surface area contributed by atoms with E-state index in [0.29, 0.717) is 5.56 Å². The fourth-order valence-corrected chi connectivity index (χ4v) is 2.45. The molecule has 2 aromatic carbocycles. The van der Waals surface area contributed by atoms with Gasteiger partial charge in [-0.05, 0) is 58.0 Å². The van der Waals surface area contributed by atoms with Gasteiger partial charge in [-0.3, -0.25) is 4.79 Å². The molecule has 0 saturated heterocycles. The molecule has 4 nitrogen and oxygen atoms in total. The Morgan fingerprint density at radius 1 is 1.04 bits per heavy atom. The van der Waals surface area contributed by atoms with Gasteiger partial charge in [0, 0.05) is 9.99 Å². The second kappa shape index (κ2) is 8.05. The van der Waals surface area contributed by atoms with Crippen molar-refractivity contribution < 1.29 is 19.1 Å². The van der Waals surface area contributed by atoms with Crippen molar-refractivity contribution >= 4 is 34.5 Å². The minimum atomic E-state index is -1.09. The van der Waals surface area contributed by atoms with E-state index in [1.54, 1.807) is 0 Å². The average molecular weight is 427 g/mol. The summed E-state index contributed by atoms with van der Waals surface area (Å²) in [5.41, 5.74) is 1.46. The monoisotopic (exact) mass is 427 g/mol. The van der Waals surface area contributed by atoms with E-state index in [4.69, 9.17) is 0 Å². The van der Waals surface area contributed by atoms with E-state index in [1.807, 2.05) is 24.3 Å². The molecule has 1 atom stereocenters. The highest BCUT2D eigenvalue weighted by atomic mass is 127. The third-order valence-electron chi connectivity index (χ3n) is 3.26. The average Bonchev–Trinajstić information content (AvgIpc) is 2.51. The highest BCUT2D eigenvalue weighted by molar-refractivity contribution is 14.1. The number of hydrogen-bond donors (Lipinski definition) is 2. The van der Waals surface area contributed by atoms with Crippen LogP contribution < -0.4 is 5.32 Å². The number of hydrogen-bond acceptors (Lipinski definition) is 2. The molecule has 0 unspecified atom stereocenters. The smallest absolute Gasteiger partial charge is 0.326 e. The molecule has 0 aliphatic heterocycles. The van der Waals surface area contributed by atoms with Crippen molar-refractivity contribution in [1.82, 2.24) is 5.32 Å². The minimum absolute atomic E-state index is 0.0107. The first-order valence-corrected chi connectivity index (χ1v) is 8.03. The first kappa shape index (κ1) is 17.4. The van der Waals surface area contributed by atoms with Crippen molar-refractivity contribution in [3.05, 3.63) is 69.0 Å². The maximum atomic E-state index is 12.8. The molecule has 0 spiro atoms. The number of carbonyl (C=O) groups excluding carboxylic acids is 1. The van der Waals surface area contributed by atoms with Gasteiger partial charge in [-0.2, -0.15) is 0 Å². The Hall–Kier alpha value is -1.96. The summed E-state index contributed by atoms with van der Waals surface area (Å²) in [5, 5.41) is 11.8. The van der Waals surface area contributed by atoms with E-state index in [0.717, 1.165) is 9.13 Å². The second-order valence-electron chi connectivity index (χ2n) is 5.09. The molecule has 0 bridgehead atoms. The summed E-state index contributed by atoms with van der Waals surface area (Å²) in [6.45, 7) is 0. The number of carboxylic acids is 1. The van der Waals surface area contributed by atoms with Gasteiger partial charge >= 0.3 is 5.97 Å². The van der Waals surface area contributed by atoms with E-state index in [-0.39, 0.29) is 18.7 Å². The zero-order valence-electron chi connectivity index (χ0n) is 12.1. The summed E-state index contributed by atoms with van der Waals surface area (Å²) in [6, 6.07) is 12.0. The second-order valence-corrected chi connectivity index (χ2v) is 6.34. The zero-order chi connectivity index (χ0) is 16.8. The van der Waals surface area contributed by atoms with Gasteiger partial charge in [-0.1, -0.05) is 24.3 Å². The molecule has 2 aromatic rings. The van der Waals surface area contributed by atoms with Crippen molar-refractivity contribution in [2.45, 2.75) is 18.9 Å². The number of nitrogens with one attached hydrogen (secondary N) is 1. The Balaban J connectivity index is 1.98. The van der Waals surface area contributed by atoms with Gasteiger partial charge in [0.1, 0.15) is 11.9 Å². The van der Waals surface area contributed by atoms with Crippen molar-refractivity contribution in [2.75, 3.05) is 0 Å². The molecule has 0 aliphatic carbocycles. The predicted molar refractivity (Wildman–Crippen MR) is 92.5 cm³/mol. The van der Waals surface area contributed by atoms with Crippen molar-refractivity contribution in [1.29, 1.82) is 0 Å². The lowest BCUT2D eigenvalue weighted by Crippen LogP contribution is -2.43. The summed E-state index contributed by atoms with van der Waals surface area (Å²) < 4.78 is 13.9. The molecule has 2 N–H and O–H groups in total. The summed E-state index contributed by atoms with van der Waals surface area (Å²) in [6.07, 6.45) is 0.220. The van der Waals surface area contributed by atoms with Gasteiger partial charge in [0.2, 0.25) is 5.91 Å². The molecule has 0 aromatic heterocycles. The van der Waals surface area contributed by atoms with Crippen LogP contribution in [0.1, 0.15) is 11.1 Å². The maximum absolute atomic E-state index is 12.8. The third kappa shape index (κ3) is 5.63. The SMILES string of the molecule is O=C(Cc1ccc(F)cc1)N[C@@H](Cc1ccc(I)cc1)C(=O)O. The molecule has 1 amide bonds. The Morgan fingerprint density at radius 3 is 2.17 bits per heavy atom. The van der Waals surface area contributed by atoms with Gasteiger partial charge in [-0.15, -0.1) is 0 Å². The predicted octanol–water partition coefficient (Wildman–Crippen LogP) is 2.78. The van der Waals surface area contributed by atoms with E-state index < -0.39 is 17.9 Å². The number of rotatable bonds is 6. The van der Waals surface area contributed by atoms with Crippen LogP contribution in [0.15, 0.2) is 48.5 Å². The van der Waals surface area contributed by atoms with Crippen LogP contribution >= 0.6 is 22.6 Å². The summed E-state index contributed by atoms with van der Waals surface area (Å²) in [7, 11) is 0. The van der Waals surface area contributed by atoms with Crippen LogP contribution in [0.3, 0.4) is 0 Å². The first-order valence-electron chi connectivity index (χ1n) is 6.95. The van der Waals surface area contributed by atoms with Crippen LogP contribution in [-0.2, 0) is 22.4 Å². The van der Waals surface area contributed by atoms with Gasteiger partial charge in [-0.25, -0.2) is 9.18 Å². The van der Waals surface area contributed by atoms with Gasteiger partial charge in [0.25, 0.3) is 0 Å². The lowest BCUT2D eigenvalue weighted by molar-refractivity contribution is -0.141. The van der Waals surface area contributed by atoms with Crippen LogP contribution in [0.4, 0.5) is 4.39 Å². The molecule has 120 valence electrons. The van der Waals surface area contributed by atoms with E-state index >= 15 is 0 Å². The molecular weight excluding hydrogens is 412 g/mol. The first-order chi connectivity index (χ1) is 10.9. The van der Waals surface area contributed by atoms with E-state index in [1.165, 1.54) is 24.3 Å². The van der Waals surface area contributed by atoms with Crippen molar-refractivity contribution in [3.63, 3.8) is 0 Å². The van der Waals surface area contributed by atoms with Gasteiger partial charge < -0.3 is 10.4 Å². The molecule has 0 saturated carbocycles. The molecule has 0 aliphatic rings. The van der Waals surface area contributed by atoms with Gasteiger partial charge in [0.15, 0.2) is 0 Å². The molecule has 0 heterocycles. The normalized spacial score (nSPS) is 11.7. The van der Waals surface area contributed by atoms with Crippen molar-refractivity contribution in [2.24, 2.45) is 0 Å². The largest absolute Gasteiger partial charge is 0.480 e. The fourth-order valence-electron chi connectivity index (χ4n) is 2.09. The van der Waals surface area contributed by atoms with Crippen molar-refractivity contribution in [3.8, 4) is 0 Å². The van der Waals surface area contributed by atoms with Crippen LogP contribution in [-0.4, -0.2) is 23.0 Å². The topological polar surface area (TPSA) is 66.4 Å². The van der Waals surface area contributed by atoms with Crippen LogP contribution in [0, 0.1) is 9.39 Å². The standard InChI is InChI=1S/C17H15FINO3/c18-13-5-1-12(2-6-13)10-16(21)20-15(17(22)23)9-11-3-7-14(19)8-4-11/h1-8,15H,9-10H2,(H,20,21)(H,22,23)/t15-/m0/s1. The van der Waals surface area contributed by atoms with Crippen LogP contribution in [0.2, 0.25) is 0 Å². The molecule has 2 rings (SSSR count). The zero-order valence-corrected chi connectivity index (χ0v) is 14.3. The fraction of sp³-hybridized carbons (Fsp3) is 0.176. The molecule has 0 radical (unpaired) electrons. The molecule has 0 fully saturated rings. The van der Waals surface area contributed by atoms with E-state index in [2.05, 4.69) is 27.9 Å². The van der Waals surface area contributed by atoms with Crippen LogP contribution in [0.25, 0.3) is 0 Å². The number of amides is 1. The summed E-state index contributed by atoms with van der Waals surface area (Å²) >= 11 is 2.17. The lowest BCUT2D eigenvalue weighted by Gasteiger charge is -2.15. The Labute approximate surface area is 146 Å². The summed E-state index contributed by atoms with van der Waals surface area (Å²) in [4.78, 5) is 23.3. The minimum Gasteiger partial charge on any atom is -0.480 e. The maximum Gasteiger partial charge on any atom is 0.326 e. The Bertz CT molecular complexity index is 686. The summed E-state index contributed by atoms with van der Waals surface area (Å²) in [5.74, 6) is -1.87. The number of aliphatic carboxylic acids is 1. The third-order valence-corrected chi connectivity index (χ3v) is 3.98. The van der Waals surface area contributed by atoms with Crippen LogP contribution in [0.5, 0.6) is 0 Å². The quantitative estimate of drug-likeness (QED) is 0.697. The lowest BCUT2D eigenvalue weighted by atomic mass is 10.1. The number of carboxylic acid groups (broad SMARTS) is 1. The Kier molecular flexibility index (Phi) is 6.09. The molecular formula is C17H15FINO3. The van der Waals surface area contributed by atoms with E-state index in [9.17, 15) is 19.1 Å². The number of benzene rings is 2. The molecule has 6 heteroatoms. The van der Waals surface area contributed by atoms with Gasteiger partial charge in [0.05, 0.1) is 6.42 Å². The Morgan fingerprint density at radius 2 is 1.61 bits per heavy atom. The number of halogens is 2. The highest BCUT2D eigenvalue weighted by Gasteiger charge is 2.20. The highest BCUT2D eigenvalue weighted by Crippen LogP contribution is 2.10. The number of carbonyl (C=O) groups is 2.